The highest BCUT2D eigenvalue weighted by Crippen LogP contribution is 1.99. The van der Waals surface area contributed by atoms with E-state index in [1.165, 1.54) is 5.57 Å². The van der Waals surface area contributed by atoms with Gasteiger partial charge in [-0.05, 0) is 13.8 Å². The molecule has 0 aromatic carbocycles. The lowest BCUT2D eigenvalue weighted by molar-refractivity contribution is -0.105. The lowest BCUT2D eigenvalue weighted by Gasteiger charge is -1.89. The second-order valence-corrected chi connectivity index (χ2v) is 3.06. The fraction of sp³-hybridized carbons (Fsp3) is 0.571. The smallest absolute Gasteiger partial charge is 0.129 e. The van der Waals surface area contributed by atoms with Crippen LogP contribution in [0.5, 0.6) is 0 Å². The van der Waals surface area contributed by atoms with Crippen molar-refractivity contribution in [1.82, 2.24) is 0 Å². The van der Waals surface area contributed by atoms with Crippen molar-refractivity contribution >= 4 is 18.0 Å². The molecule has 1 nitrogen and oxygen atoms in total. The molecule has 0 aromatic rings. The van der Waals surface area contributed by atoms with Crippen LogP contribution in [-0.4, -0.2) is 17.8 Å². The van der Waals surface area contributed by atoms with Gasteiger partial charge in [0.15, 0.2) is 0 Å². The average Bonchev–Trinajstić information content (AvgIpc) is 1.80. The molecule has 0 atom stereocenters. The van der Waals surface area contributed by atoms with Gasteiger partial charge in [0, 0.05) is 11.5 Å². The van der Waals surface area contributed by atoms with Crippen molar-refractivity contribution < 1.29 is 4.79 Å². The van der Waals surface area contributed by atoms with Crippen LogP contribution in [0.4, 0.5) is 0 Å². The number of hydrogen-bond acceptors (Lipinski definition) is 2. The third-order valence-electron chi connectivity index (χ3n) is 0.795. The van der Waals surface area contributed by atoms with Gasteiger partial charge >= 0.3 is 0 Å². The molecule has 0 spiro atoms. The molecule has 0 saturated carbocycles. The molecule has 0 aliphatic rings. The van der Waals surface area contributed by atoms with E-state index in [0.717, 1.165) is 12.0 Å². The van der Waals surface area contributed by atoms with Crippen LogP contribution in [0.3, 0.4) is 0 Å². The fourth-order valence-electron chi connectivity index (χ4n) is 0.342. The first kappa shape index (κ1) is 8.76. The highest BCUT2D eigenvalue weighted by Gasteiger charge is 1.81. The van der Waals surface area contributed by atoms with Crippen molar-refractivity contribution in [3.05, 3.63) is 11.6 Å². The van der Waals surface area contributed by atoms with E-state index in [0.29, 0.717) is 5.75 Å². The van der Waals surface area contributed by atoms with Gasteiger partial charge in [-0.25, -0.2) is 0 Å². The van der Waals surface area contributed by atoms with Gasteiger partial charge in [0.05, 0.1) is 0 Å². The number of aldehydes is 1. The van der Waals surface area contributed by atoms with E-state index >= 15 is 0 Å². The zero-order valence-corrected chi connectivity index (χ0v) is 6.70. The third kappa shape index (κ3) is 7.76. The van der Waals surface area contributed by atoms with Crippen molar-refractivity contribution in [2.75, 3.05) is 11.5 Å². The topological polar surface area (TPSA) is 17.1 Å². The number of allylic oxidation sites excluding steroid dienone is 1. The van der Waals surface area contributed by atoms with Gasteiger partial charge in [0.2, 0.25) is 0 Å². The van der Waals surface area contributed by atoms with Crippen molar-refractivity contribution in [3.8, 4) is 0 Å². The molecule has 2 heteroatoms. The zero-order valence-electron chi connectivity index (χ0n) is 5.89. The summed E-state index contributed by atoms with van der Waals surface area (Å²) < 4.78 is 0. The molecule has 0 aromatic heterocycles. The van der Waals surface area contributed by atoms with Gasteiger partial charge in [0.25, 0.3) is 0 Å². The predicted molar refractivity (Wildman–Crippen MR) is 42.8 cm³/mol. The molecular formula is C7H12OS. The maximum absolute atomic E-state index is 9.81. The minimum Gasteiger partial charge on any atom is -0.302 e. The zero-order chi connectivity index (χ0) is 7.11. The van der Waals surface area contributed by atoms with Crippen molar-refractivity contribution in [3.63, 3.8) is 0 Å². The van der Waals surface area contributed by atoms with E-state index in [9.17, 15) is 4.79 Å². The van der Waals surface area contributed by atoms with Crippen molar-refractivity contribution in [1.29, 1.82) is 0 Å². The van der Waals surface area contributed by atoms with Crippen LogP contribution >= 0.6 is 11.8 Å². The summed E-state index contributed by atoms with van der Waals surface area (Å²) in [6.07, 6.45) is 3.05. The molecule has 0 amide bonds. The van der Waals surface area contributed by atoms with Crippen LogP contribution in [0, 0.1) is 0 Å². The van der Waals surface area contributed by atoms with Gasteiger partial charge in [-0.3, -0.25) is 0 Å². The third-order valence-corrected chi connectivity index (χ3v) is 1.57. The van der Waals surface area contributed by atoms with Gasteiger partial charge < -0.3 is 4.79 Å². The SMILES string of the molecule is CC(C)=CCSCC=O. The van der Waals surface area contributed by atoms with E-state index in [2.05, 4.69) is 19.9 Å². The summed E-state index contributed by atoms with van der Waals surface area (Å²) in [6, 6.07) is 0. The van der Waals surface area contributed by atoms with Crippen molar-refractivity contribution in [2.24, 2.45) is 0 Å². The summed E-state index contributed by atoms with van der Waals surface area (Å²) in [7, 11) is 0. The standard InChI is InChI=1S/C7H12OS/c1-7(2)3-5-9-6-4-8/h3-4H,5-6H2,1-2H3. The summed E-state index contributed by atoms with van der Waals surface area (Å²) in [4.78, 5) is 9.81. The average molecular weight is 144 g/mol. The molecule has 52 valence electrons. The highest BCUT2D eigenvalue weighted by molar-refractivity contribution is 7.99. The summed E-state index contributed by atoms with van der Waals surface area (Å²) in [5.74, 6) is 1.57. The summed E-state index contributed by atoms with van der Waals surface area (Å²) in [5, 5.41) is 0. The normalized spacial score (nSPS) is 8.67. The van der Waals surface area contributed by atoms with E-state index in [1.807, 2.05) is 0 Å². The van der Waals surface area contributed by atoms with Crippen LogP contribution in [0.25, 0.3) is 0 Å². The van der Waals surface area contributed by atoms with Gasteiger partial charge in [-0.15, -0.1) is 0 Å². The monoisotopic (exact) mass is 144 g/mol. The second kappa shape index (κ2) is 5.89. The largest absolute Gasteiger partial charge is 0.302 e. The maximum Gasteiger partial charge on any atom is 0.129 e. The van der Waals surface area contributed by atoms with E-state index in [-0.39, 0.29) is 0 Å². The minimum absolute atomic E-state index is 0.615. The molecule has 9 heavy (non-hydrogen) atoms. The predicted octanol–water partition coefficient (Wildman–Crippen LogP) is 1.88. The molecule has 0 aliphatic carbocycles. The first-order chi connectivity index (χ1) is 4.27. The lowest BCUT2D eigenvalue weighted by atomic mass is 10.3. The first-order valence-electron chi connectivity index (χ1n) is 2.92. The Kier molecular flexibility index (Phi) is 5.73. The second-order valence-electron chi connectivity index (χ2n) is 1.99. The Morgan fingerprint density at radius 2 is 2.11 bits per heavy atom. The number of carbonyl (C=O) groups excluding carboxylic acids is 1. The lowest BCUT2D eigenvalue weighted by Crippen LogP contribution is -1.79. The molecule has 0 N–H and O–H groups in total. The minimum atomic E-state index is 0.615. The van der Waals surface area contributed by atoms with Gasteiger partial charge in [0.1, 0.15) is 6.29 Å². The Labute approximate surface area is 60.5 Å². The molecule has 0 fully saturated rings. The summed E-state index contributed by atoms with van der Waals surface area (Å²) in [5.41, 5.74) is 1.31. The molecule has 0 radical (unpaired) electrons. The quantitative estimate of drug-likeness (QED) is 0.340. The van der Waals surface area contributed by atoms with E-state index in [1.54, 1.807) is 11.8 Å². The maximum atomic E-state index is 9.81. The Bertz CT molecular complexity index is 103. The number of carbonyl (C=O) groups is 1. The highest BCUT2D eigenvalue weighted by atomic mass is 32.2. The van der Waals surface area contributed by atoms with Crippen LogP contribution < -0.4 is 0 Å². The molecule has 0 saturated heterocycles. The molecule has 0 unspecified atom stereocenters. The Balaban J connectivity index is 3.09. The molecular weight excluding hydrogens is 132 g/mol. The molecule has 0 heterocycles. The molecule has 0 aliphatic heterocycles. The Hall–Kier alpha value is -0.240. The van der Waals surface area contributed by atoms with Crippen LogP contribution in [-0.2, 0) is 4.79 Å². The van der Waals surface area contributed by atoms with E-state index < -0.39 is 0 Å². The number of thioether (sulfide) groups is 1. The fourth-order valence-corrected chi connectivity index (χ4v) is 1.03. The Morgan fingerprint density at radius 1 is 1.44 bits per heavy atom. The van der Waals surface area contributed by atoms with E-state index in [4.69, 9.17) is 0 Å². The summed E-state index contributed by atoms with van der Waals surface area (Å²) >= 11 is 1.64. The number of rotatable bonds is 4. The first-order valence-corrected chi connectivity index (χ1v) is 4.07. The van der Waals surface area contributed by atoms with Crippen molar-refractivity contribution in [2.45, 2.75) is 13.8 Å². The van der Waals surface area contributed by atoms with Crippen LogP contribution in [0.15, 0.2) is 11.6 Å². The van der Waals surface area contributed by atoms with Gasteiger partial charge in [-0.2, -0.15) is 11.8 Å². The van der Waals surface area contributed by atoms with Crippen LogP contribution in [0.1, 0.15) is 13.8 Å². The molecule has 0 rings (SSSR count). The number of hydrogen-bond donors (Lipinski definition) is 0. The van der Waals surface area contributed by atoms with Gasteiger partial charge in [-0.1, -0.05) is 11.6 Å². The Morgan fingerprint density at radius 3 is 2.56 bits per heavy atom. The van der Waals surface area contributed by atoms with Crippen LogP contribution in [0.2, 0.25) is 0 Å². The summed E-state index contributed by atoms with van der Waals surface area (Å²) in [6.45, 7) is 4.11. The molecule has 0 bridgehead atoms.